The van der Waals surface area contributed by atoms with Crippen LogP contribution in [0.15, 0.2) is 17.0 Å². The molecular weight excluding hydrogens is 134 g/mol. The highest BCUT2D eigenvalue weighted by molar-refractivity contribution is 5.97. The first-order valence-electron chi connectivity index (χ1n) is 2.77. The van der Waals surface area contributed by atoms with Crippen molar-refractivity contribution >= 4 is 5.84 Å². The van der Waals surface area contributed by atoms with Crippen LogP contribution in [0.25, 0.3) is 0 Å². The number of nitrogens with one attached hydrogen (secondary N) is 6. The Morgan fingerprint density at radius 2 is 2.20 bits per heavy atom. The van der Waals surface area contributed by atoms with Crippen molar-refractivity contribution in [3.63, 3.8) is 0 Å². The second kappa shape index (κ2) is 2.05. The summed E-state index contributed by atoms with van der Waals surface area (Å²) >= 11 is 0. The Labute approximate surface area is 56.8 Å². The molecule has 2 rings (SSSR count). The maximum atomic E-state index is 3.85. The van der Waals surface area contributed by atoms with E-state index in [4.69, 9.17) is 0 Å². The molecule has 2 aliphatic rings. The Morgan fingerprint density at radius 3 is 2.80 bits per heavy atom. The topological polar surface area (TPSA) is 84.5 Å². The third kappa shape index (κ3) is 0.731. The second-order valence-corrected chi connectivity index (χ2v) is 1.77. The molecule has 0 fully saturated rings. The molecule has 0 aromatic carbocycles. The number of hydrogen-bond acceptors (Lipinski definition) is 7. The summed E-state index contributed by atoms with van der Waals surface area (Å²) in [6.45, 7) is 0. The zero-order valence-corrected chi connectivity index (χ0v) is 5.02. The molecule has 0 saturated heterocycles. The molecule has 0 amide bonds. The zero-order chi connectivity index (χ0) is 6.81. The molecule has 0 radical (unpaired) electrons. The average Bonchev–Trinajstić information content (AvgIpc) is 2.59. The van der Waals surface area contributed by atoms with Crippen molar-refractivity contribution in [1.82, 2.24) is 32.9 Å². The Balaban J connectivity index is 2.10. The molecule has 6 N–H and O–H groups in total. The van der Waals surface area contributed by atoms with E-state index in [0.717, 1.165) is 5.70 Å². The van der Waals surface area contributed by atoms with Gasteiger partial charge in [-0.05, 0) is 0 Å². The van der Waals surface area contributed by atoms with Gasteiger partial charge in [-0.3, -0.25) is 10.9 Å². The van der Waals surface area contributed by atoms with Gasteiger partial charge in [0.2, 0.25) is 0 Å². The fourth-order valence-electron chi connectivity index (χ4n) is 0.702. The number of amidine groups is 1. The van der Waals surface area contributed by atoms with Crippen LogP contribution >= 0.6 is 0 Å². The largest absolute Gasteiger partial charge is 0.309 e. The van der Waals surface area contributed by atoms with Gasteiger partial charge in [0.15, 0.2) is 5.84 Å². The van der Waals surface area contributed by atoms with Crippen molar-refractivity contribution in [3.05, 3.63) is 11.9 Å². The highest BCUT2D eigenvalue weighted by Crippen LogP contribution is 1.91. The third-order valence-electron chi connectivity index (χ3n) is 1.15. The molecule has 0 aromatic heterocycles. The summed E-state index contributed by atoms with van der Waals surface area (Å²) in [5, 5.41) is 3.85. The normalized spacial score (nSPS) is 21.6. The van der Waals surface area contributed by atoms with Gasteiger partial charge in [0.25, 0.3) is 0 Å². The number of nitrogens with zero attached hydrogens (tertiary/aromatic N) is 1. The molecule has 54 valence electrons. The van der Waals surface area contributed by atoms with Gasteiger partial charge < -0.3 is 5.43 Å². The number of hydrogen-bond donors (Lipinski definition) is 6. The maximum absolute atomic E-state index is 3.85. The van der Waals surface area contributed by atoms with Crippen molar-refractivity contribution in [1.29, 1.82) is 0 Å². The van der Waals surface area contributed by atoms with E-state index in [9.17, 15) is 0 Å². The SMILES string of the molecule is C1=C(C2=NNNN2)NNN1. The summed E-state index contributed by atoms with van der Waals surface area (Å²) in [6, 6.07) is 0. The Bertz CT molecular complexity index is 171. The zero-order valence-electron chi connectivity index (χ0n) is 5.02. The van der Waals surface area contributed by atoms with Crippen LogP contribution in [0, 0.1) is 0 Å². The smallest absolute Gasteiger partial charge is 0.189 e. The van der Waals surface area contributed by atoms with E-state index < -0.39 is 0 Å². The Hall–Kier alpha value is -1.47. The number of hydrazine groups is 4. The molecular formula is C3H7N7. The predicted molar refractivity (Wildman–Crippen MR) is 34.3 cm³/mol. The lowest BCUT2D eigenvalue weighted by molar-refractivity contribution is 0.575. The highest BCUT2D eigenvalue weighted by Gasteiger charge is 2.12. The lowest BCUT2D eigenvalue weighted by atomic mass is 10.4. The van der Waals surface area contributed by atoms with Crippen LogP contribution in [0.4, 0.5) is 0 Å². The van der Waals surface area contributed by atoms with Gasteiger partial charge >= 0.3 is 0 Å². The molecule has 7 nitrogen and oxygen atoms in total. The highest BCUT2D eigenvalue weighted by atomic mass is 15.8. The minimum atomic E-state index is 0.706. The lowest BCUT2D eigenvalue weighted by Gasteiger charge is -1.99. The molecule has 10 heavy (non-hydrogen) atoms. The van der Waals surface area contributed by atoms with Gasteiger partial charge in [0.1, 0.15) is 5.70 Å². The maximum Gasteiger partial charge on any atom is 0.189 e. The van der Waals surface area contributed by atoms with E-state index in [1.54, 1.807) is 6.20 Å². The van der Waals surface area contributed by atoms with E-state index >= 15 is 0 Å². The average molecular weight is 141 g/mol. The van der Waals surface area contributed by atoms with Crippen molar-refractivity contribution in [2.75, 3.05) is 0 Å². The minimum absolute atomic E-state index is 0.706. The van der Waals surface area contributed by atoms with E-state index in [1.807, 2.05) is 0 Å². The van der Waals surface area contributed by atoms with Crippen LogP contribution in [0.2, 0.25) is 0 Å². The van der Waals surface area contributed by atoms with Gasteiger partial charge in [0.05, 0.1) is 0 Å². The Kier molecular flexibility index (Phi) is 1.09. The quantitative estimate of drug-likeness (QED) is 0.239. The summed E-state index contributed by atoms with van der Waals surface area (Å²) in [6.07, 6.45) is 1.75. The molecule has 0 aliphatic carbocycles. The van der Waals surface area contributed by atoms with Crippen LogP contribution in [0.3, 0.4) is 0 Å². The molecule has 0 unspecified atom stereocenters. The van der Waals surface area contributed by atoms with Gasteiger partial charge in [-0.25, -0.2) is 5.53 Å². The molecule has 2 heterocycles. The van der Waals surface area contributed by atoms with Crippen LogP contribution < -0.4 is 32.9 Å². The fraction of sp³-hybridized carbons (Fsp3) is 0. The first kappa shape index (κ1) is 5.33. The van der Waals surface area contributed by atoms with Crippen molar-refractivity contribution in [3.8, 4) is 0 Å². The minimum Gasteiger partial charge on any atom is -0.309 e. The number of hydrazone groups is 1. The van der Waals surface area contributed by atoms with Crippen LogP contribution in [0.1, 0.15) is 0 Å². The first-order valence-corrected chi connectivity index (χ1v) is 2.77. The van der Waals surface area contributed by atoms with Crippen molar-refractivity contribution in [2.45, 2.75) is 0 Å². The van der Waals surface area contributed by atoms with E-state index in [1.165, 1.54) is 0 Å². The number of rotatable bonds is 1. The van der Waals surface area contributed by atoms with E-state index in [0.29, 0.717) is 5.84 Å². The van der Waals surface area contributed by atoms with Crippen LogP contribution in [-0.2, 0) is 0 Å². The second-order valence-electron chi connectivity index (χ2n) is 1.77. The third-order valence-corrected chi connectivity index (χ3v) is 1.15. The van der Waals surface area contributed by atoms with Gasteiger partial charge in [-0.15, -0.1) is 10.6 Å². The van der Waals surface area contributed by atoms with E-state index in [-0.39, 0.29) is 0 Å². The lowest BCUT2D eigenvalue weighted by Crippen LogP contribution is -2.39. The molecule has 0 bridgehead atoms. The fourth-order valence-corrected chi connectivity index (χ4v) is 0.702. The molecule has 0 aromatic rings. The Morgan fingerprint density at radius 1 is 1.20 bits per heavy atom. The van der Waals surface area contributed by atoms with Crippen LogP contribution in [-0.4, -0.2) is 5.84 Å². The standard InChI is InChI=1S/C3H7N7/c1-2(5-8-4-1)3-6-9-10-7-3/h1,4-5,8-10H,(H,6,7). The van der Waals surface area contributed by atoms with Crippen molar-refractivity contribution < 1.29 is 0 Å². The van der Waals surface area contributed by atoms with E-state index in [2.05, 4.69) is 38.0 Å². The van der Waals surface area contributed by atoms with Crippen LogP contribution in [0.5, 0.6) is 0 Å². The molecule has 0 saturated carbocycles. The molecule has 0 atom stereocenters. The van der Waals surface area contributed by atoms with Gasteiger partial charge in [0, 0.05) is 6.20 Å². The summed E-state index contributed by atoms with van der Waals surface area (Å²) in [7, 11) is 0. The molecule has 2 aliphatic heterocycles. The first-order chi connectivity index (χ1) is 4.97. The van der Waals surface area contributed by atoms with Gasteiger partial charge in [-0.1, -0.05) is 0 Å². The molecule has 7 heteroatoms. The summed E-state index contributed by atoms with van der Waals surface area (Å²) in [5.74, 6) is 0.706. The monoisotopic (exact) mass is 141 g/mol. The van der Waals surface area contributed by atoms with Gasteiger partial charge in [-0.2, -0.15) is 5.53 Å². The summed E-state index contributed by atoms with van der Waals surface area (Å²) < 4.78 is 0. The van der Waals surface area contributed by atoms with Crippen molar-refractivity contribution in [2.24, 2.45) is 5.10 Å². The molecule has 0 spiro atoms. The predicted octanol–water partition coefficient (Wildman–Crippen LogP) is -2.63. The summed E-state index contributed by atoms with van der Waals surface area (Å²) in [4.78, 5) is 0. The summed E-state index contributed by atoms with van der Waals surface area (Å²) in [5.41, 5.74) is 17.0.